The van der Waals surface area contributed by atoms with Gasteiger partial charge in [-0.25, -0.2) is 0 Å². The fourth-order valence-corrected chi connectivity index (χ4v) is 4.03. The predicted molar refractivity (Wildman–Crippen MR) is 105 cm³/mol. The smallest absolute Gasteiger partial charge is 0.303 e. The number of aliphatic carboxylic acids is 1. The Labute approximate surface area is 163 Å². The number of carboxylic acids is 1. The molecule has 2 aromatic rings. The maximum absolute atomic E-state index is 12.5. The topological polar surface area (TPSA) is 86.7 Å². The summed E-state index contributed by atoms with van der Waals surface area (Å²) >= 11 is 0. The minimum atomic E-state index is -0.879. The van der Waals surface area contributed by atoms with E-state index in [2.05, 4.69) is 29.6 Å². The fraction of sp³-hybridized carbons (Fsp3) is 0.318. The fourth-order valence-electron chi connectivity index (χ4n) is 4.03. The zero-order chi connectivity index (χ0) is 19.7. The van der Waals surface area contributed by atoms with E-state index in [1.165, 1.54) is 22.3 Å². The second kappa shape index (κ2) is 7.46. The number of rotatable bonds is 6. The molecule has 1 aliphatic heterocycles. The first kappa shape index (κ1) is 18.2. The number of hydrogen-bond acceptors (Lipinski definition) is 3. The van der Waals surface area contributed by atoms with Gasteiger partial charge in [-0.1, -0.05) is 30.3 Å². The number of fused-ring (bicyclic) bond motifs is 3. The lowest BCUT2D eigenvalue weighted by Gasteiger charge is -2.18. The van der Waals surface area contributed by atoms with Gasteiger partial charge in [0.05, 0.1) is 5.92 Å². The van der Waals surface area contributed by atoms with Gasteiger partial charge in [0, 0.05) is 31.6 Å². The average molecular weight is 378 g/mol. The zero-order valence-corrected chi connectivity index (χ0v) is 15.5. The highest BCUT2D eigenvalue weighted by Crippen LogP contribution is 2.39. The summed E-state index contributed by atoms with van der Waals surface area (Å²) in [7, 11) is 0. The lowest BCUT2D eigenvalue weighted by molar-refractivity contribution is -0.137. The lowest BCUT2D eigenvalue weighted by atomic mass is 10.1. The second-order valence-corrected chi connectivity index (χ2v) is 7.37. The van der Waals surface area contributed by atoms with E-state index in [-0.39, 0.29) is 24.7 Å². The molecule has 1 aliphatic carbocycles. The van der Waals surface area contributed by atoms with Gasteiger partial charge in [-0.2, -0.15) is 0 Å². The molecule has 0 radical (unpaired) electrons. The highest BCUT2D eigenvalue weighted by Gasteiger charge is 2.35. The number of nitrogens with zero attached hydrogens (tertiary/aromatic N) is 1. The highest BCUT2D eigenvalue weighted by molar-refractivity contribution is 6.00. The molecule has 0 saturated carbocycles. The monoisotopic (exact) mass is 378 g/mol. The molecular formula is C22H22N2O4. The minimum absolute atomic E-state index is 0.0213. The number of amides is 2. The summed E-state index contributed by atoms with van der Waals surface area (Å²) in [5, 5.41) is 11.4. The maximum atomic E-state index is 12.5. The molecule has 0 aromatic heterocycles. The molecule has 1 unspecified atom stereocenters. The largest absolute Gasteiger partial charge is 0.481 e. The summed E-state index contributed by atoms with van der Waals surface area (Å²) in [4.78, 5) is 37.0. The molecule has 0 spiro atoms. The SMILES string of the molecule is O=C(O)CCCNC(=O)C1CC(=O)N(c2ccc3c(c2)Cc2ccccc2-3)C1. The van der Waals surface area contributed by atoms with Crippen LogP contribution in [0.1, 0.15) is 30.4 Å². The average Bonchev–Trinajstić information content (AvgIpc) is 3.24. The Morgan fingerprint density at radius 1 is 1.11 bits per heavy atom. The molecule has 2 N–H and O–H groups in total. The first-order chi connectivity index (χ1) is 13.5. The van der Waals surface area contributed by atoms with Crippen LogP contribution in [-0.4, -0.2) is 36.0 Å². The van der Waals surface area contributed by atoms with Crippen molar-refractivity contribution in [3.63, 3.8) is 0 Å². The van der Waals surface area contributed by atoms with Crippen molar-refractivity contribution in [2.24, 2.45) is 5.92 Å². The summed E-state index contributed by atoms with van der Waals surface area (Å²) in [5.74, 6) is -1.52. The summed E-state index contributed by atoms with van der Waals surface area (Å²) < 4.78 is 0. The van der Waals surface area contributed by atoms with E-state index in [1.54, 1.807) is 4.90 Å². The van der Waals surface area contributed by atoms with Crippen molar-refractivity contribution >= 4 is 23.5 Å². The van der Waals surface area contributed by atoms with Crippen molar-refractivity contribution in [3.8, 4) is 11.1 Å². The Morgan fingerprint density at radius 3 is 2.71 bits per heavy atom. The number of anilines is 1. The molecule has 2 aromatic carbocycles. The van der Waals surface area contributed by atoms with Crippen molar-refractivity contribution in [3.05, 3.63) is 53.6 Å². The molecule has 1 heterocycles. The number of nitrogens with one attached hydrogen (secondary N) is 1. The zero-order valence-electron chi connectivity index (χ0n) is 15.5. The molecule has 4 rings (SSSR count). The van der Waals surface area contributed by atoms with Crippen molar-refractivity contribution in [2.75, 3.05) is 18.0 Å². The third-order valence-electron chi connectivity index (χ3n) is 5.45. The van der Waals surface area contributed by atoms with Crippen LogP contribution in [0.2, 0.25) is 0 Å². The molecule has 144 valence electrons. The summed E-state index contributed by atoms with van der Waals surface area (Å²) in [6.45, 7) is 0.669. The van der Waals surface area contributed by atoms with Crippen LogP contribution >= 0.6 is 0 Å². The molecule has 1 saturated heterocycles. The molecular weight excluding hydrogens is 356 g/mol. The summed E-state index contributed by atoms with van der Waals surface area (Å²) in [5.41, 5.74) is 5.78. The standard InChI is InChI=1S/C22H22N2O4/c25-20-12-16(22(28)23-9-3-6-21(26)27)13-24(20)17-7-8-19-15(11-17)10-14-4-1-2-5-18(14)19/h1-2,4-5,7-8,11,16H,3,6,9-10,12-13H2,(H,23,28)(H,26,27). The van der Waals surface area contributed by atoms with E-state index in [4.69, 9.17) is 5.11 Å². The van der Waals surface area contributed by atoms with Crippen LogP contribution in [-0.2, 0) is 20.8 Å². The van der Waals surface area contributed by atoms with Crippen LogP contribution in [0.4, 0.5) is 5.69 Å². The first-order valence-electron chi connectivity index (χ1n) is 9.54. The Hall–Kier alpha value is -3.15. The number of hydrogen-bond donors (Lipinski definition) is 2. The Morgan fingerprint density at radius 2 is 1.89 bits per heavy atom. The van der Waals surface area contributed by atoms with Crippen LogP contribution in [0.3, 0.4) is 0 Å². The highest BCUT2D eigenvalue weighted by atomic mass is 16.4. The number of carboxylic acid groups (broad SMARTS) is 1. The predicted octanol–water partition coefficient (Wildman–Crippen LogP) is 2.59. The normalized spacial score (nSPS) is 17.4. The van der Waals surface area contributed by atoms with Crippen LogP contribution < -0.4 is 10.2 Å². The Kier molecular flexibility index (Phi) is 4.86. The third-order valence-corrected chi connectivity index (χ3v) is 5.45. The molecule has 6 nitrogen and oxygen atoms in total. The second-order valence-electron chi connectivity index (χ2n) is 7.37. The lowest BCUT2D eigenvalue weighted by Crippen LogP contribution is -2.33. The molecule has 0 bridgehead atoms. The van der Waals surface area contributed by atoms with E-state index in [9.17, 15) is 14.4 Å². The molecule has 1 atom stereocenters. The van der Waals surface area contributed by atoms with Gasteiger partial charge in [0.15, 0.2) is 0 Å². The van der Waals surface area contributed by atoms with Gasteiger partial charge in [-0.05, 0) is 47.2 Å². The number of benzene rings is 2. The number of carbonyl (C=O) groups excluding carboxylic acids is 2. The van der Waals surface area contributed by atoms with Crippen LogP contribution in [0.5, 0.6) is 0 Å². The van der Waals surface area contributed by atoms with Gasteiger partial charge in [-0.3, -0.25) is 14.4 Å². The Bertz CT molecular complexity index is 953. The maximum Gasteiger partial charge on any atom is 0.303 e. The van der Waals surface area contributed by atoms with E-state index >= 15 is 0 Å². The van der Waals surface area contributed by atoms with Crippen LogP contribution in [0.15, 0.2) is 42.5 Å². The summed E-state index contributed by atoms with van der Waals surface area (Å²) in [6, 6.07) is 14.4. The quantitative estimate of drug-likeness (QED) is 0.646. The minimum Gasteiger partial charge on any atom is -0.481 e. The van der Waals surface area contributed by atoms with Crippen molar-refractivity contribution in [1.29, 1.82) is 0 Å². The summed E-state index contributed by atoms with van der Waals surface area (Å²) in [6.07, 6.45) is 1.45. The van der Waals surface area contributed by atoms with E-state index in [0.29, 0.717) is 19.5 Å². The van der Waals surface area contributed by atoms with E-state index < -0.39 is 11.9 Å². The van der Waals surface area contributed by atoms with Gasteiger partial charge >= 0.3 is 5.97 Å². The van der Waals surface area contributed by atoms with Gasteiger partial charge in [0.2, 0.25) is 11.8 Å². The van der Waals surface area contributed by atoms with Gasteiger partial charge < -0.3 is 15.3 Å². The molecule has 2 amide bonds. The molecule has 1 fully saturated rings. The third kappa shape index (κ3) is 3.50. The van der Waals surface area contributed by atoms with Crippen LogP contribution in [0, 0.1) is 5.92 Å². The van der Waals surface area contributed by atoms with Crippen molar-refractivity contribution < 1.29 is 19.5 Å². The first-order valence-corrected chi connectivity index (χ1v) is 9.54. The molecule has 6 heteroatoms. The van der Waals surface area contributed by atoms with Gasteiger partial charge in [0.25, 0.3) is 0 Å². The van der Waals surface area contributed by atoms with Gasteiger partial charge in [-0.15, -0.1) is 0 Å². The molecule has 28 heavy (non-hydrogen) atoms. The molecule has 2 aliphatic rings. The Balaban J connectivity index is 1.42. The van der Waals surface area contributed by atoms with Crippen molar-refractivity contribution in [1.82, 2.24) is 5.32 Å². The van der Waals surface area contributed by atoms with Crippen molar-refractivity contribution in [2.45, 2.75) is 25.7 Å². The number of carbonyl (C=O) groups is 3. The van der Waals surface area contributed by atoms with Gasteiger partial charge in [0.1, 0.15) is 0 Å². The van der Waals surface area contributed by atoms with Crippen LogP contribution in [0.25, 0.3) is 11.1 Å². The van der Waals surface area contributed by atoms with E-state index in [1.807, 2.05) is 18.2 Å². The van der Waals surface area contributed by atoms with E-state index in [0.717, 1.165) is 12.1 Å².